The Kier molecular flexibility index (Phi) is 7.58. The molecule has 0 aliphatic heterocycles. The second-order valence-corrected chi connectivity index (χ2v) is 8.46. The number of hydrogen-bond acceptors (Lipinski definition) is 4. The quantitative estimate of drug-likeness (QED) is 0.354. The molecule has 0 atom stereocenters. The number of amides is 1. The fourth-order valence-corrected chi connectivity index (χ4v) is 4.09. The first kappa shape index (κ1) is 21.7. The van der Waals surface area contributed by atoms with Crippen LogP contribution in [0.3, 0.4) is 0 Å². The SMILES string of the molecule is CCCCSc1nnc(CNC(=O)c2cccc(C)c2)n1-c1ccc(Cl)c(Cl)c1. The number of carbonyl (C=O) groups excluding carboxylic acids is 1. The van der Waals surface area contributed by atoms with E-state index in [9.17, 15) is 4.79 Å². The summed E-state index contributed by atoms with van der Waals surface area (Å²) in [4.78, 5) is 12.5. The van der Waals surface area contributed by atoms with Gasteiger partial charge in [0.15, 0.2) is 11.0 Å². The zero-order chi connectivity index (χ0) is 20.8. The minimum Gasteiger partial charge on any atom is -0.345 e. The van der Waals surface area contributed by atoms with Crippen LogP contribution in [0.4, 0.5) is 0 Å². The molecule has 1 N–H and O–H groups in total. The lowest BCUT2D eigenvalue weighted by molar-refractivity contribution is 0.0949. The molecule has 5 nitrogen and oxygen atoms in total. The molecular weight excluding hydrogens is 427 g/mol. The monoisotopic (exact) mass is 448 g/mol. The van der Waals surface area contributed by atoms with Gasteiger partial charge in [-0.15, -0.1) is 10.2 Å². The molecule has 1 heterocycles. The standard InChI is InChI=1S/C21H22Cl2N4OS/c1-3-4-10-29-21-26-25-19(27(21)16-8-9-17(22)18(23)12-16)13-24-20(28)15-7-5-6-14(2)11-15/h5-9,11-12H,3-4,10,13H2,1-2H3,(H,24,28). The fraction of sp³-hybridized carbons (Fsp3) is 0.286. The molecule has 0 saturated heterocycles. The third-order valence-corrected chi connectivity index (χ3v) is 6.03. The van der Waals surface area contributed by atoms with Crippen molar-refractivity contribution in [3.05, 3.63) is 69.5 Å². The first-order valence-corrected chi connectivity index (χ1v) is 11.1. The van der Waals surface area contributed by atoms with Crippen molar-refractivity contribution in [1.29, 1.82) is 0 Å². The van der Waals surface area contributed by atoms with Gasteiger partial charge in [-0.05, 0) is 43.7 Å². The average Bonchev–Trinajstić information content (AvgIpc) is 3.11. The van der Waals surface area contributed by atoms with Crippen molar-refractivity contribution in [3.63, 3.8) is 0 Å². The van der Waals surface area contributed by atoms with Crippen molar-refractivity contribution in [2.45, 2.75) is 38.4 Å². The van der Waals surface area contributed by atoms with Crippen LogP contribution in [0, 0.1) is 6.92 Å². The lowest BCUT2D eigenvalue weighted by Crippen LogP contribution is -2.24. The lowest BCUT2D eigenvalue weighted by Gasteiger charge is -2.12. The van der Waals surface area contributed by atoms with Crippen LogP contribution < -0.4 is 5.32 Å². The highest BCUT2D eigenvalue weighted by molar-refractivity contribution is 7.99. The maximum Gasteiger partial charge on any atom is 0.251 e. The van der Waals surface area contributed by atoms with Gasteiger partial charge in [-0.2, -0.15) is 0 Å². The number of unbranched alkanes of at least 4 members (excludes halogenated alkanes) is 1. The number of rotatable bonds is 8. The molecule has 0 unspecified atom stereocenters. The molecule has 0 aliphatic rings. The van der Waals surface area contributed by atoms with Gasteiger partial charge in [0.25, 0.3) is 5.91 Å². The van der Waals surface area contributed by atoms with E-state index in [1.165, 1.54) is 0 Å². The largest absolute Gasteiger partial charge is 0.345 e. The molecule has 152 valence electrons. The number of nitrogens with one attached hydrogen (secondary N) is 1. The summed E-state index contributed by atoms with van der Waals surface area (Å²) in [7, 11) is 0. The summed E-state index contributed by atoms with van der Waals surface area (Å²) < 4.78 is 1.92. The zero-order valence-corrected chi connectivity index (χ0v) is 18.6. The molecule has 3 rings (SSSR count). The van der Waals surface area contributed by atoms with Crippen LogP contribution in [0.15, 0.2) is 47.6 Å². The van der Waals surface area contributed by atoms with E-state index >= 15 is 0 Å². The van der Waals surface area contributed by atoms with Crippen LogP contribution >= 0.6 is 35.0 Å². The third kappa shape index (κ3) is 5.53. The van der Waals surface area contributed by atoms with E-state index in [4.69, 9.17) is 23.2 Å². The maximum atomic E-state index is 12.5. The Morgan fingerprint density at radius 3 is 2.69 bits per heavy atom. The normalized spacial score (nSPS) is 10.9. The number of thioether (sulfide) groups is 1. The summed E-state index contributed by atoms with van der Waals surface area (Å²) >= 11 is 13.9. The Labute approximate surface area is 184 Å². The van der Waals surface area contributed by atoms with Crippen LogP contribution in [0.2, 0.25) is 10.0 Å². The molecule has 0 aliphatic carbocycles. The number of aromatic nitrogens is 3. The zero-order valence-electron chi connectivity index (χ0n) is 16.3. The van der Waals surface area contributed by atoms with E-state index in [0.717, 1.165) is 35.0 Å². The van der Waals surface area contributed by atoms with Crippen LogP contribution in [0.1, 0.15) is 41.5 Å². The van der Waals surface area contributed by atoms with Gasteiger partial charge in [0.1, 0.15) is 0 Å². The summed E-state index contributed by atoms with van der Waals surface area (Å²) in [5.74, 6) is 1.41. The molecule has 0 spiro atoms. The third-order valence-electron chi connectivity index (χ3n) is 4.28. The molecule has 0 fully saturated rings. The summed E-state index contributed by atoms with van der Waals surface area (Å²) in [6.07, 6.45) is 2.19. The summed E-state index contributed by atoms with van der Waals surface area (Å²) in [5.41, 5.74) is 2.46. The van der Waals surface area contributed by atoms with E-state index in [1.807, 2.05) is 35.8 Å². The highest BCUT2D eigenvalue weighted by Crippen LogP contribution is 2.28. The average molecular weight is 449 g/mol. The number of carbonyl (C=O) groups is 1. The van der Waals surface area contributed by atoms with Gasteiger partial charge in [0.05, 0.1) is 22.3 Å². The fourth-order valence-electron chi connectivity index (χ4n) is 2.75. The predicted molar refractivity (Wildman–Crippen MR) is 119 cm³/mol. The van der Waals surface area contributed by atoms with Crippen molar-refractivity contribution < 1.29 is 4.79 Å². The molecule has 1 aromatic heterocycles. The Morgan fingerprint density at radius 1 is 1.14 bits per heavy atom. The molecule has 0 radical (unpaired) electrons. The van der Waals surface area contributed by atoms with Crippen LogP contribution in [0.5, 0.6) is 0 Å². The molecular formula is C21H22Cl2N4OS. The lowest BCUT2D eigenvalue weighted by atomic mass is 10.1. The number of nitrogens with zero attached hydrogens (tertiary/aromatic N) is 3. The van der Waals surface area contributed by atoms with Crippen molar-refractivity contribution >= 4 is 40.9 Å². The number of aryl methyl sites for hydroxylation is 1. The molecule has 8 heteroatoms. The Hall–Kier alpha value is -2.02. The smallest absolute Gasteiger partial charge is 0.251 e. The molecule has 0 bridgehead atoms. The molecule has 29 heavy (non-hydrogen) atoms. The van der Waals surface area contributed by atoms with Crippen LogP contribution in [-0.4, -0.2) is 26.4 Å². The van der Waals surface area contributed by atoms with Gasteiger partial charge in [0.2, 0.25) is 0 Å². The van der Waals surface area contributed by atoms with E-state index in [0.29, 0.717) is 21.4 Å². The highest BCUT2D eigenvalue weighted by atomic mass is 35.5. The molecule has 3 aromatic rings. The second-order valence-electron chi connectivity index (χ2n) is 6.59. The Morgan fingerprint density at radius 2 is 1.97 bits per heavy atom. The molecule has 2 aromatic carbocycles. The predicted octanol–water partition coefficient (Wildman–Crippen LogP) is 5.70. The first-order valence-electron chi connectivity index (χ1n) is 9.37. The molecule has 0 saturated carbocycles. The van der Waals surface area contributed by atoms with E-state index < -0.39 is 0 Å². The highest BCUT2D eigenvalue weighted by Gasteiger charge is 2.16. The Bertz CT molecular complexity index is 1010. The van der Waals surface area contributed by atoms with E-state index in [-0.39, 0.29) is 12.5 Å². The Balaban J connectivity index is 1.85. The van der Waals surface area contributed by atoms with Gasteiger partial charge in [-0.3, -0.25) is 9.36 Å². The van der Waals surface area contributed by atoms with Gasteiger partial charge in [-0.25, -0.2) is 0 Å². The van der Waals surface area contributed by atoms with Gasteiger partial charge in [0, 0.05) is 11.3 Å². The van der Waals surface area contributed by atoms with Gasteiger partial charge < -0.3 is 5.32 Å². The first-order chi connectivity index (χ1) is 14.0. The second kappa shape index (κ2) is 10.1. The minimum absolute atomic E-state index is 0.155. The van der Waals surface area contributed by atoms with E-state index in [1.54, 1.807) is 30.0 Å². The van der Waals surface area contributed by atoms with E-state index in [2.05, 4.69) is 22.4 Å². The number of benzene rings is 2. The van der Waals surface area contributed by atoms with Crippen molar-refractivity contribution in [1.82, 2.24) is 20.1 Å². The van der Waals surface area contributed by atoms with Gasteiger partial charge in [-0.1, -0.05) is 66.0 Å². The van der Waals surface area contributed by atoms with Gasteiger partial charge >= 0.3 is 0 Å². The molecule has 1 amide bonds. The van der Waals surface area contributed by atoms with Crippen LogP contribution in [0.25, 0.3) is 5.69 Å². The number of halogens is 2. The van der Waals surface area contributed by atoms with Crippen LogP contribution in [-0.2, 0) is 6.54 Å². The summed E-state index contributed by atoms with van der Waals surface area (Å²) in [6.45, 7) is 4.35. The van der Waals surface area contributed by atoms with Crippen molar-refractivity contribution in [2.75, 3.05) is 5.75 Å². The number of hydrogen-bond donors (Lipinski definition) is 1. The summed E-state index contributed by atoms with van der Waals surface area (Å²) in [5, 5.41) is 13.3. The van der Waals surface area contributed by atoms with Crippen molar-refractivity contribution in [3.8, 4) is 5.69 Å². The topological polar surface area (TPSA) is 59.8 Å². The summed E-state index contributed by atoms with van der Waals surface area (Å²) in [6, 6.07) is 12.9. The minimum atomic E-state index is -0.155. The van der Waals surface area contributed by atoms with Crippen molar-refractivity contribution in [2.24, 2.45) is 0 Å². The maximum absolute atomic E-state index is 12.5.